The normalized spacial score (nSPS) is 11.9. The van der Waals surface area contributed by atoms with E-state index in [1.54, 1.807) is 7.11 Å². The minimum Gasteiger partial charge on any atom is -0.497 e. The lowest BCUT2D eigenvalue weighted by Crippen LogP contribution is -2.23. The predicted octanol–water partition coefficient (Wildman–Crippen LogP) is 4.33. The minimum absolute atomic E-state index is 0.173. The Kier molecular flexibility index (Phi) is 6.62. The van der Waals surface area contributed by atoms with Crippen LogP contribution in [0.2, 0.25) is 0 Å². The molecule has 0 fully saturated rings. The second-order valence-electron chi connectivity index (χ2n) is 7.26. The third kappa shape index (κ3) is 4.94. The number of ether oxygens (including phenoxy) is 2. The predicted molar refractivity (Wildman–Crippen MR) is 124 cm³/mol. The number of rotatable bonds is 9. The Bertz CT molecular complexity index is 1260. The quantitative estimate of drug-likeness (QED) is 0.366. The molecule has 0 atom stereocenters. The standard InChI is InChI=1S/C24H25N3O3S/c1-3-4-5-6-14-30-19-12-10-18(11-13-19)22-25-24-27(26-22)23(28)21(31-24)16-17-8-7-9-20(15-17)29-2/h7-13,15-16H,3-6,14H2,1-2H3/b21-16-. The van der Waals surface area contributed by atoms with E-state index >= 15 is 0 Å². The van der Waals surface area contributed by atoms with Gasteiger partial charge in [-0.15, -0.1) is 5.10 Å². The fraction of sp³-hybridized carbons (Fsp3) is 0.292. The molecule has 6 nitrogen and oxygen atoms in total. The fourth-order valence-corrected chi connectivity index (χ4v) is 4.17. The molecule has 0 aliphatic heterocycles. The molecule has 4 rings (SSSR count). The van der Waals surface area contributed by atoms with Gasteiger partial charge in [0.15, 0.2) is 5.82 Å². The molecule has 0 N–H and O–H groups in total. The van der Waals surface area contributed by atoms with Crippen LogP contribution in [0.5, 0.6) is 11.5 Å². The highest BCUT2D eigenvalue weighted by Gasteiger charge is 2.12. The van der Waals surface area contributed by atoms with E-state index < -0.39 is 0 Å². The summed E-state index contributed by atoms with van der Waals surface area (Å²) in [5.74, 6) is 2.11. The SMILES string of the molecule is CCCCCCOc1ccc(-c2nc3s/c(=C\c4cccc(OC)c4)c(=O)n3n2)cc1. The van der Waals surface area contributed by atoms with Crippen LogP contribution in [-0.4, -0.2) is 28.3 Å². The van der Waals surface area contributed by atoms with Crippen LogP contribution in [0.1, 0.15) is 38.2 Å². The first kappa shape index (κ1) is 21.1. The summed E-state index contributed by atoms with van der Waals surface area (Å²) in [5.41, 5.74) is 1.58. The summed E-state index contributed by atoms with van der Waals surface area (Å²) in [6, 6.07) is 15.3. The van der Waals surface area contributed by atoms with Crippen LogP contribution in [0.4, 0.5) is 0 Å². The Hall–Kier alpha value is -3.19. The summed E-state index contributed by atoms with van der Waals surface area (Å²) >= 11 is 1.32. The molecule has 0 bridgehead atoms. The van der Waals surface area contributed by atoms with E-state index in [4.69, 9.17) is 9.47 Å². The zero-order valence-electron chi connectivity index (χ0n) is 17.7. The molecule has 0 aliphatic rings. The molecule has 2 heterocycles. The maximum Gasteiger partial charge on any atom is 0.291 e. The average Bonchev–Trinajstić information content (AvgIpc) is 3.33. The van der Waals surface area contributed by atoms with Crippen molar-refractivity contribution in [1.29, 1.82) is 0 Å². The van der Waals surface area contributed by atoms with Crippen molar-refractivity contribution in [3.8, 4) is 22.9 Å². The smallest absolute Gasteiger partial charge is 0.291 e. The molecule has 0 amide bonds. The maximum atomic E-state index is 12.8. The Morgan fingerprint density at radius 2 is 1.90 bits per heavy atom. The van der Waals surface area contributed by atoms with E-state index in [0.29, 0.717) is 15.3 Å². The molecule has 2 aromatic carbocycles. The number of methoxy groups -OCH3 is 1. The Morgan fingerprint density at radius 1 is 1.06 bits per heavy atom. The maximum absolute atomic E-state index is 12.8. The van der Waals surface area contributed by atoms with Gasteiger partial charge in [0.25, 0.3) is 5.56 Å². The van der Waals surface area contributed by atoms with Crippen molar-refractivity contribution in [2.45, 2.75) is 32.6 Å². The van der Waals surface area contributed by atoms with Gasteiger partial charge in [0.2, 0.25) is 4.96 Å². The van der Waals surface area contributed by atoms with Gasteiger partial charge in [-0.2, -0.15) is 9.50 Å². The largest absolute Gasteiger partial charge is 0.497 e. The summed E-state index contributed by atoms with van der Waals surface area (Å²) in [4.78, 5) is 17.9. The molecular formula is C24H25N3O3S. The van der Waals surface area contributed by atoms with Crippen molar-refractivity contribution in [2.75, 3.05) is 13.7 Å². The van der Waals surface area contributed by atoms with Crippen LogP contribution in [0.25, 0.3) is 22.4 Å². The lowest BCUT2D eigenvalue weighted by molar-refractivity contribution is 0.305. The summed E-state index contributed by atoms with van der Waals surface area (Å²) in [7, 11) is 1.62. The molecule has 4 aromatic rings. The summed E-state index contributed by atoms with van der Waals surface area (Å²) in [6.07, 6.45) is 6.55. The molecule has 0 saturated carbocycles. The van der Waals surface area contributed by atoms with E-state index in [0.717, 1.165) is 35.7 Å². The number of benzene rings is 2. The zero-order valence-corrected chi connectivity index (χ0v) is 18.5. The lowest BCUT2D eigenvalue weighted by Gasteiger charge is -2.06. The van der Waals surface area contributed by atoms with E-state index in [2.05, 4.69) is 17.0 Å². The van der Waals surface area contributed by atoms with Gasteiger partial charge in [0.05, 0.1) is 18.2 Å². The summed E-state index contributed by atoms with van der Waals surface area (Å²) < 4.78 is 13.0. The van der Waals surface area contributed by atoms with Crippen LogP contribution in [-0.2, 0) is 0 Å². The minimum atomic E-state index is -0.173. The van der Waals surface area contributed by atoms with Crippen molar-refractivity contribution in [1.82, 2.24) is 14.6 Å². The van der Waals surface area contributed by atoms with E-state index in [1.165, 1.54) is 35.1 Å². The molecule has 0 aliphatic carbocycles. The molecule has 0 unspecified atom stereocenters. The van der Waals surface area contributed by atoms with Crippen LogP contribution < -0.4 is 19.6 Å². The first-order chi connectivity index (χ1) is 15.2. The first-order valence-corrected chi connectivity index (χ1v) is 11.3. The van der Waals surface area contributed by atoms with Crippen LogP contribution in [0.3, 0.4) is 0 Å². The van der Waals surface area contributed by atoms with Gasteiger partial charge in [-0.05, 0) is 54.5 Å². The van der Waals surface area contributed by atoms with Gasteiger partial charge >= 0.3 is 0 Å². The van der Waals surface area contributed by atoms with Crippen molar-refractivity contribution in [3.05, 3.63) is 69.0 Å². The van der Waals surface area contributed by atoms with E-state index in [1.807, 2.05) is 54.6 Å². The molecule has 0 radical (unpaired) electrons. The first-order valence-electron chi connectivity index (χ1n) is 10.5. The topological polar surface area (TPSA) is 65.7 Å². The van der Waals surface area contributed by atoms with E-state index in [-0.39, 0.29) is 5.56 Å². The summed E-state index contributed by atoms with van der Waals surface area (Å²) in [6.45, 7) is 2.92. The number of aromatic nitrogens is 3. The Labute approximate surface area is 184 Å². The molecular weight excluding hydrogens is 410 g/mol. The number of hydrogen-bond acceptors (Lipinski definition) is 6. The third-order valence-corrected chi connectivity index (χ3v) is 5.91. The van der Waals surface area contributed by atoms with Gasteiger partial charge < -0.3 is 9.47 Å². The van der Waals surface area contributed by atoms with Crippen LogP contribution in [0, 0.1) is 0 Å². The molecule has 0 spiro atoms. The van der Waals surface area contributed by atoms with Gasteiger partial charge in [0, 0.05) is 5.56 Å². The number of thiazole rings is 1. The number of nitrogens with zero attached hydrogens (tertiary/aromatic N) is 3. The van der Waals surface area contributed by atoms with Gasteiger partial charge in [-0.3, -0.25) is 4.79 Å². The van der Waals surface area contributed by atoms with E-state index in [9.17, 15) is 4.79 Å². The highest BCUT2D eigenvalue weighted by atomic mass is 32.1. The number of unbranched alkanes of at least 4 members (excludes halogenated alkanes) is 3. The molecule has 0 saturated heterocycles. The highest BCUT2D eigenvalue weighted by molar-refractivity contribution is 7.15. The zero-order chi connectivity index (χ0) is 21.6. The van der Waals surface area contributed by atoms with Gasteiger partial charge in [0.1, 0.15) is 11.5 Å². The molecule has 160 valence electrons. The van der Waals surface area contributed by atoms with Crippen molar-refractivity contribution in [3.63, 3.8) is 0 Å². The Morgan fingerprint density at radius 3 is 2.65 bits per heavy atom. The number of fused-ring (bicyclic) bond motifs is 1. The van der Waals surface area contributed by atoms with Gasteiger partial charge in [-0.25, -0.2) is 0 Å². The third-order valence-electron chi connectivity index (χ3n) is 4.95. The monoisotopic (exact) mass is 435 g/mol. The Balaban J connectivity index is 1.51. The van der Waals surface area contributed by atoms with Crippen LogP contribution >= 0.6 is 11.3 Å². The van der Waals surface area contributed by atoms with Crippen molar-refractivity contribution >= 4 is 22.4 Å². The number of hydrogen-bond donors (Lipinski definition) is 0. The molecule has 2 aromatic heterocycles. The van der Waals surface area contributed by atoms with Crippen molar-refractivity contribution in [2.24, 2.45) is 0 Å². The summed E-state index contributed by atoms with van der Waals surface area (Å²) in [5, 5.41) is 4.42. The second kappa shape index (κ2) is 9.75. The van der Waals surface area contributed by atoms with Crippen molar-refractivity contribution < 1.29 is 9.47 Å². The molecule has 7 heteroatoms. The van der Waals surface area contributed by atoms with Gasteiger partial charge in [-0.1, -0.05) is 49.7 Å². The lowest BCUT2D eigenvalue weighted by atomic mass is 10.2. The highest BCUT2D eigenvalue weighted by Crippen LogP contribution is 2.21. The van der Waals surface area contributed by atoms with Crippen LogP contribution in [0.15, 0.2) is 53.3 Å². The fourth-order valence-electron chi connectivity index (χ4n) is 3.26. The molecule has 31 heavy (non-hydrogen) atoms. The second-order valence-corrected chi connectivity index (χ2v) is 8.26. The average molecular weight is 436 g/mol.